The van der Waals surface area contributed by atoms with Crippen molar-refractivity contribution in [2.75, 3.05) is 0 Å². The Hall–Kier alpha value is -2.09. The predicted molar refractivity (Wildman–Crippen MR) is 77.9 cm³/mol. The van der Waals surface area contributed by atoms with Crippen molar-refractivity contribution in [2.45, 2.75) is 26.2 Å². The monoisotopic (exact) mass is 251 g/mol. The summed E-state index contributed by atoms with van der Waals surface area (Å²) in [6.45, 7) is 2.08. The van der Waals surface area contributed by atoms with Gasteiger partial charge in [-0.1, -0.05) is 18.2 Å². The number of phenolic OH excluding ortho intramolecular Hbond substituents is 1. The highest BCUT2D eigenvalue weighted by molar-refractivity contribution is 5.82. The molecule has 0 saturated carbocycles. The summed E-state index contributed by atoms with van der Waals surface area (Å²) < 4.78 is 0. The fourth-order valence-electron chi connectivity index (χ4n) is 2.65. The molecule has 0 aliphatic heterocycles. The van der Waals surface area contributed by atoms with Crippen LogP contribution in [0.1, 0.15) is 35.2 Å². The van der Waals surface area contributed by atoms with E-state index in [-0.39, 0.29) is 0 Å². The van der Waals surface area contributed by atoms with E-state index in [4.69, 9.17) is 0 Å². The maximum atomic E-state index is 9.53. The molecule has 1 heterocycles. The molecule has 1 N–H and O–H groups in total. The third-order valence-corrected chi connectivity index (χ3v) is 3.51. The Labute approximate surface area is 113 Å². The Balaban J connectivity index is 2.04. The van der Waals surface area contributed by atoms with E-state index in [1.54, 1.807) is 12.1 Å². The van der Waals surface area contributed by atoms with Gasteiger partial charge in [-0.25, -0.2) is 0 Å². The summed E-state index contributed by atoms with van der Waals surface area (Å²) in [4.78, 5) is 4.59. The van der Waals surface area contributed by atoms with Crippen LogP contribution in [0.3, 0.4) is 0 Å². The molecule has 19 heavy (non-hydrogen) atoms. The summed E-state index contributed by atoms with van der Waals surface area (Å²) >= 11 is 0. The van der Waals surface area contributed by atoms with E-state index in [0.29, 0.717) is 5.75 Å². The molecular formula is C17H17NO. The first-order valence-corrected chi connectivity index (χ1v) is 6.68. The molecule has 2 heteroatoms. The van der Waals surface area contributed by atoms with E-state index >= 15 is 0 Å². The zero-order valence-electron chi connectivity index (χ0n) is 11.1. The van der Waals surface area contributed by atoms with Crippen LogP contribution in [0.25, 0.3) is 11.6 Å². The minimum atomic E-state index is 0.308. The molecular weight excluding hydrogens is 234 g/mol. The summed E-state index contributed by atoms with van der Waals surface area (Å²) in [5.41, 5.74) is 5.99. The lowest BCUT2D eigenvalue weighted by atomic mass is 9.89. The van der Waals surface area contributed by atoms with E-state index in [1.165, 1.54) is 23.1 Å². The second-order valence-electron chi connectivity index (χ2n) is 5.14. The number of fused-ring (bicyclic) bond motifs is 1. The quantitative estimate of drug-likeness (QED) is 0.831. The fourth-order valence-corrected chi connectivity index (χ4v) is 2.65. The fraction of sp³-hybridized carbons (Fsp3) is 0.235. The van der Waals surface area contributed by atoms with Crippen molar-refractivity contribution < 1.29 is 5.11 Å². The third-order valence-electron chi connectivity index (χ3n) is 3.51. The zero-order valence-corrected chi connectivity index (χ0v) is 11.1. The summed E-state index contributed by atoms with van der Waals surface area (Å²) in [6.07, 6.45) is 7.41. The van der Waals surface area contributed by atoms with Gasteiger partial charge in [-0.15, -0.1) is 0 Å². The smallest absolute Gasteiger partial charge is 0.116 e. The molecule has 0 atom stereocenters. The molecule has 0 fully saturated rings. The Morgan fingerprint density at radius 2 is 2.11 bits per heavy atom. The van der Waals surface area contributed by atoms with Gasteiger partial charge in [-0.3, -0.25) is 4.98 Å². The molecule has 0 amide bonds. The number of hydrogen-bond acceptors (Lipinski definition) is 2. The van der Waals surface area contributed by atoms with Gasteiger partial charge in [0.05, 0.1) is 5.69 Å². The molecule has 0 spiro atoms. The van der Waals surface area contributed by atoms with Gasteiger partial charge in [-0.05, 0) is 66.7 Å². The molecule has 0 unspecified atom stereocenters. The molecule has 2 aromatic rings. The number of phenols is 1. The summed E-state index contributed by atoms with van der Waals surface area (Å²) in [5.74, 6) is 0.308. The number of nitrogens with zero attached hydrogens (tertiary/aromatic N) is 1. The number of hydrogen-bond donors (Lipinski definition) is 1. The molecule has 0 bridgehead atoms. The van der Waals surface area contributed by atoms with Crippen LogP contribution in [0.15, 0.2) is 36.5 Å². The summed E-state index contributed by atoms with van der Waals surface area (Å²) in [5, 5.41) is 9.53. The van der Waals surface area contributed by atoms with Gasteiger partial charge in [0.25, 0.3) is 0 Å². The van der Waals surface area contributed by atoms with Crippen molar-refractivity contribution in [3.05, 3.63) is 58.9 Å². The molecule has 2 nitrogen and oxygen atoms in total. The lowest BCUT2D eigenvalue weighted by Crippen LogP contribution is -2.04. The molecule has 1 aromatic carbocycles. The SMILES string of the molecule is Cc1cnc2c(c1)CCC/C2=C\c1cccc(O)c1. The first-order valence-electron chi connectivity index (χ1n) is 6.68. The predicted octanol–water partition coefficient (Wildman–Crippen LogP) is 3.97. The first kappa shape index (κ1) is 12.0. The lowest BCUT2D eigenvalue weighted by molar-refractivity contribution is 0.475. The molecule has 96 valence electrons. The number of aromatic nitrogens is 1. The van der Waals surface area contributed by atoms with E-state index in [0.717, 1.165) is 24.1 Å². The van der Waals surface area contributed by atoms with E-state index in [9.17, 15) is 5.11 Å². The van der Waals surface area contributed by atoms with Crippen LogP contribution >= 0.6 is 0 Å². The van der Waals surface area contributed by atoms with Crippen LogP contribution in [0, 0.1) is 6.92 Å². The normalized spacial score (nSPS) is 16.4. The van der Waals surface area contributed by atoms with Crippen LogP contribution in [0.2, 0.25) is 0 Å². The Morgan fingerprint density at radius 1 is 1.21 bits per heavy atom. The summed E-state index contributed by atoms with van der Waals surface area (Å²) in [7, 11) is 0. The highest BCUT2D eigenvalue weighted by atomic mass is 16.3. The zero-order chi connectivity index (χ0) is 13.2. The molecule has 1 aliphatic rings. The Morgan fingerprint density at radius 3 is 2.95 bits per heavy atom. The largest absolute Gasteiger partial charge is 0.508 e. The van der Waals surface area contributed by atoms with Gasteiger partial charge in [0.1, 0.15) is 5.75 Å². The van der Waals surface area contributed by atoms with Crippen molar-refractivity contribution >= 4 is 11.6 Å². The van der Waals surface area contributed by atoms with Crippen LogP contribution in [0.4, 0.5) is 0 Å². The van der Waals surface area contributed by atoms with Gasteiger partial charge < -0.3 is 5.11 Å². The maximum absolute atomic E-state index is 9.53. The van der Waals surface area contributed by atoms with Crippen molar-refractivity contribution in [1.82, 2.24) is 4.98 Å². The first-order chi connectivity index (χ1) is 9.22. The third kappa shape index (κ3) is 2.53. The number of aromatic hydroxyl groups is 1. The Bertz CT molecular complexity index is 643. The van der Waals surface area contributed by atoms with Gasteiger partial charge in [-0.2, -0.15) is 0 Å². The minimum absolute atomic E-state index is 0.308. The lowest BCUT2D eigenvalue weighted by Gasteiger charge is -2.18. The van der Waals surface area contributed by atoms with Gasteiger partial charge in [0, 0.05) is 6.20 Å². The van der Waals surface area contributed by atoms with E-state index in [1.807, 2.05) is 18.3 Å². The number of benzene rings is 1. The highest BCUT2D eigenvalue weighted by Crippen LogP contribution is 2.31. The van der Waals surface area contributed by atoms with Crippen LogP contribution in [-0.4, -0.2) is 10.1 Å². The average molecular weight is 251 g/mol. The van der Waals surface area contributed by atoms with Gasteiger partial charge in [0.2, 0.25) is 0 Å². The standard InChI is InChI=1S/C17H17NO/c1-12-8-14-5-3-6-15(17(14)18-11-12)9-13-4-2-7-16(19)10-13/h2,4,7-11,19H,3,5-6H2,1H3/b15-9+. The molecule has 1 aliphatic carbocycles. The number of pyridine rings is 1. The molecule has 0 saturated heterocycles. The van der Waals surface area contributed by atoms with Gasteiger partial charge >= 0.3 is 0 Å². The second-order valence-corrected chi connectivity index (χ2v) is 5.14. The number of rotatable bonds is 1. The molecule has 1 aromatic heterocycles. The van der Waals surface area contributed by atoms with Crippen molar-refractivity contribution in [3.63, 3.8) is 0 Å². The minimum Gasteiger partial charge on any atom is -0.508 e. The molecule has 0 radical (unpaired) electrons. The van der Waals surface area contributed by atoms with Crippen molar-refractivity contribution in [3.8, 4) is 5.75 Å². The maximum Gasteiger partial charge on any atom is 0.116 e. The van der Waals surface area contributed by atoms with E-state index in [2.05, 4.69) is 24.1 Å². The van der Waals surface area contributed by atoms with Crippen LogP contribution in [0.5, 0.6) is 5.75 Å². The van der Waals surface area contributed by atoms with E-state index < -0.39 is 0 Å². The number of allylic oxidation sites excluding steroid dienone is 1. The van der Waals surface area contributed by atoms with Gasteiger partial charge in [0.15, 0.2) is 0 Å². The number of aryl methyl sites for hydroxylation is 2. The second kappa shape index (κ2) is 4.88. The van der Waals surface area contributed by atoms with Crippen molar-refractivity contribution in [1.29, 1.82) is 0 Å². The average Bonchev–Trinajstić information content (AvgIpc) is 2.38. The highest BCUT2D eigenvalue weighted by Gasteiger charge is 2.15. The van der Waals surface area contributed by atoms with Crippen molar-refractivity contribution in [2.24, 2.45) is 0 Å². The van der Waals surface area contributed by atoms with Crippen LogP contribution < -0.4 is 0 Å². The summed E-state index contributed by atoms with van der Waals surface area (Å²) in [6, 6.07) is 9.59. The molecule has 3 rings (SSSR count). The topological polar surface area (TPSA) is 33.1 Å². The Kier molecular flexibility index (Phi) is 3.08. The van der Waals surface area contributed by atoms with Crippen LogP contribution in [-0.2, 0) is 6.42 Å².